The Labute approximate surface area is 142 Å². The number of thiophene rings is 1. The molecule has 0 aliphatic carbocycles. The Morgan fingerprint density at radius 3 is 2.92 bits per heavy atom. The maximum absolute atomic E-state index is 12.1. The first-order chi connectivity index (χ1) is 11.8. The van der Waals surface area contributed by atoms with Crippen molar-refractivity contribution in [1.29, 1.82) is 0 Å². The van der Waals surface area contributed by atoms with Gasteiger partial charge in [-0.25, -0.2) is 4.79 Å². The summed E-state index contributed by atoms with van der Waals surface area (Å²) in [7, 11) is 0. The van der Waals surface area contributed by atoms with E-state index in [4.69, 9.17) is 4.52 Å². The molecule has 0 unspecified atom stereocenters. The Morgan fingerprint density at radius 1 is 1.33 bits per heavy atom. The highest BCUT2D eigenvalue weighted by Crippen LogP contribution is 2.27. The number of hydrogen-bond acceptors (Lipinski definition) is 6. The molecule has 4 heterocycles. The molecule has 1 saturated heterocycles. The molecule has 24 heavy (non-hydrogen) atoms. The van der Waals surface area contributed by atoms with Crippen LogP contribution in [-0.4, -0.2) is 39.1 Å². The summed E-state index contributed by atoms with van der Waals surface area (Å²) >= 11 is 1.63. The van der Waals surface area contributed by atoms with Gasteiger partial charge in [-0.3, -0.25) is 4.98 Å². The lowest BCUT2D eigenvalue weighted by molar-refractivity contribution is 0.136. The summed E-state index contributed by atoms with van der Waals surface area (Å²) in [5.74, 6) is 1.22. The topological polar surface area (TPSA) is 84.2 Å². The number of likely N-dealkylation sites (tertiary alicyclic amines) is 1. The van der Waals surface area contributed by atoms with Gasteiger partial charge in [0.15, 0.2) is 0 Å². The second-order valence-electron chi connectivity index (χ2n) is 5.53. The number of urea groups is 1. The number of hydrogen-bond donors (Lipinski definition) is 1. The van der Waals surface area contributed by atoms with Crippen LogP contribution in [0.2, 0.25) is 0 Å². The average Bonchev–Trinajstić information content (AvgIpc) is 3.24. The van der Waals surface area contributed by atoms with E-state index in [-0.39, 0.29) is 11.9 Å². The van der Waals surface area contributed by atoms with Crippen LogP contribution in [0.5, 0.6) is 0 Å². The lowest BCUT2D eigenvalue weighted by Crippen LogP contribution is -2.52. The van der Waals surface area contributed by atoms with Crippen molar-refractivity contribution in [2.45, 2.75) is 12.5 Å². The molecule has 0 bridgehead atoms. The standard InChI is InChI=1S/C16H15N5O2S/c22-16(18-8-13-2-1-7-24-13)21-9-12(10-21)15-19-14(20-23-15)11-3-5-17-6-4-11/h1-7,12H,8-10H2,(H,18,22). The summed E-state index contributed by atoms with van der Waals surface area (Å²) in [6.45, 7) is 1.74. The van der Waals surface area contributed by atoms with Gasteiger partial charge in [-0.15, -0.1) is 11.3 Å². The molecular weight excluding hydrogens is 326 g/mol. The molecule has 4 rings (SSSR count). The van der Waals surface area contributed by atoms with Gasteiger partial charge in [-0.1, -0.05) is 11.2 Å². The molecule has 0 atom stereocenters. The lowest BCUT2D eigenvalue weighted by Gasteiger charge is -2.36. The Hall–Kier alpha value is -2.74. The van der Waals surface area contributed by atoms with Crippen molar-refractivity contribution in [3.8, 4) is 11.4 Å². The second-order valence-corrected chi connectivity index (χ2v) is 6.56. The SMILES string of the molecule is O=C(NCc1cccs1)N1CC(c2nc(-c3ccncc3)no2)C1. The van der Waals surface area contributed by atoms with E-state index in [1.54, 1.807) is 28.6 Å². The van der Waals surface area contributed by atoms with Crippen LogP contribution in [-0.2, 0) is 6.54 Å². The van der Waals surface area contributed by atoms with E-state index in [2.05, 4.69) is 20.4 Å². The van der Waals surface area contributed by atoms with Gasteiger partial charge in [0.25, 0.3) is 0 Å². The maximum Gasteiger partial charge on any atom is 0.317 e. The third-order valence-electron chi connectivity index (χ3n) is 3.89. The highest BCUT2D eigenvalue weighted by Gasteiger charge is 2.35. The normalized spacial score (nSPS) is 14.4. The molecule has 8 heteroatoms. The van der Waals surface area contributed by atoms with E-state index in [9.17, 15) is 4.79 Å². The third kappa shape index (κ3) is 3.00. The van der Waals surface area contributed by atoms with Crippen molar-refractivity contribution in [3.63, 3.8) is 0 Å². The summed E-state index contributed by atoms with van der Waals surface area (Å²) in [5.41, 5.74) is 0.866. The largest absolute Gasteiger partial charge is 0.339 e. The van der Waals surface area contributed by atoms with Crippen molar-refractivity contribution >= 4 is 17.4 Å². The van der Waals surface area contributed by atoms with E-state index in [1.165, 1.54) is 0 Å². The molecule has 3 aromatic heterocycles. The van der Waals surface area contributed by atoms with Gasteiger partial charge in [-0.2, -0.15) is 4.98 Å². The fourth-order valence-corrected chi connectivity index (χ4v) is 3.15. The van der Waals surface area contributed by atoms with Crippen LogP contribution in [0.3, 0.4) is 0 Å². The molecule has 1 fully saturated rings. The molecule has 0 spiro atoms. The van der Waals surface area contributed by atoms with Crippen LogP contribution >= 0.6 is 11.3 Å². The summed E-state index contributed by atoms with van der Waals surface area (Å²) in [5, 5.41) is 8.91. The molecule has 1 N–H and O–H groups in total. The van der Waals surface area contributed by atoms with Gasteiger partial charge in [0.2, 0.25) is 11.7 Å². The fraction of sp³-hybridized carbons (Fsp3) is 0.250. The number of carbonyl (C=O) groups excluding carboxylic acids is 1. The summed E-state index contributed by atoms with van der Waals surface area (Å²) in [4.78, 5) is 23.3. The molecule has 1 aliphatic heterocycles. The zero-order valence-electron chi connectivity index (χ0n) is 12.8. The van der Waals surface area contributed by atoms with Gasteiger partial charge in [0.1, 0.15) is 0 Å². The Kier molecular flexibility index (Phi) is 3.96. The van der Waals surface area contributed by atoms with Gasteiger partial charge >= 0.3 is 6.03 Å². The second kappa shape index (κ2) is 6.40. The zero-order valence-corrected chi connectivity index (χ0v) is 13.6. The van der Waals surface area contributed by atoms with Crippen molar-refractivity contribution in [2.75, 3.05) is 13.1 Å². The van der Waals surface area contributed by atoms with Crippen LogP contribution < -0.4 is 5.32 Å². The van der Waals surface area contributed by atoms with Crippen LogP contribution in [0.15, 0.2) is 46.6 Å². The van der Waals surface area contributed by atoms with Gasteiger partial charge in [0, 0.05) is 35.9 Å². The van der Waals surface area contributed by atoms with Crippen LogP contribution in [0, 0.1) is 0 Å². The van der Waals surface area contributed by atoms with E-state index in [0.717, 1.165) is 10.4 Å². The number of nitrogens with one attached hydrogen (secondary N) is 1. The minimum Gasteiger partial charge on any atom is -0.339 e. The van der Waals surface area contributed by atoms with Crippen LogP contribution in [0.25, 0.3) is 11.4 Å². The molecule has 122 valence electrons. The summed E-state index contributed by atoms with van der Waals surface area (Å²) in [6, 6.07) is 7.58. The van der Waals surface area contributed by atoms with Crippen molar-refractivity contribution in [1.82, 2.24) is 25.3 Å². The maximum atomic E-state index is 12.1. The van der Waals surface area contributed by atoms with Gasteiger partial charge in [0.05, 0.1) is 12.5 Å². The van der Waals surface area contributed by atoms with Crippen LogP contribution in [0.1, 0.15) is 16.7 Å². The number of aromatic nitrogens is 3. The van der Waals surface area contributed by atoms with Crippen molar-refractivity contribution in [2.24, 2.45) is 0 Å². The first-order valence-electron chi connectivity index (χ1n) is 7.59. The first-order valence-corrected chi connectivity index (χ1v) is 8.47. The molecule has 3 aromatic rings. The third-order valence-corrected chi connectivity index (χ3v) is 4.77. The highest BCUT2D eigenvalue weighted by atomic mass is 32.1. The first kappa shape index (κ1) is 14.8. The fourth-order valence-electron chi connectivity index (χ4n) is 2.51. The van der Waals surface area contributed by atoms with Gasteiger partial charge < -0.3 is 14.7 Å². The Bertz CT molecular complexity index is 812. The van der Waals surface area contributed by atoms with E-state index >= 15 is 0 Å². The monoisotopic (exact) mass is 341 g/mol. The number of amides is 2. The van der Waals surface area contributed by atoms with Gasteiger partial charge in [-0.05, 0) is 23.6 Å². The highest BCUT2D eigenvalue weighted by molar-refractivity contribution is 7.09. The number of nitrogens with zero attached hydrogens (tertiary/aromatic N) is 4. The molecule has 2 amide bonds. The van der Waals surface area contributed by atoms with E-state index in [0.29, 0.717) is 31.3 Å². The Balaban J connectivity index is 1.31. The smallest absolute Gasteiger partial charge is 0.317 e. The summed E-state index contributed by atoms with van der Waals surface area (Å²) < 4.78 is 5.33. The number of rotatable bonds is 4. The Morgan fingerprint density at radius 2 is 2.17 bits per heavy atom. The summed E-state index contributed by atoms with van der Waals surface area (Å²) in [6.07, 6.45) is 3.38. The molecule has 1 aliphatic rings. The molecular formula is C16H15N5O2S. The lowest BCUT2D eigenvalue weighted by atomic mass is 10.0. The molecule has 0 aromatic carbocycles. The number of carbonyl (C=O) groups is 1. The zero-order chi connectivity index (χ0) is 16.4. The molecule has 0 radical (unpaired) electrons. The van der Waals surface area contributed by atoms with E-state index in [1.807, 2.05) is 29.6 Å². The molecule has 0 saturated carbocycles. The van der Waals surface area contributed by atoms with Crippen molar-refractivity contribution in [3.05, 3.63) is 52.8 Å². The van der Waals surface area contributed by atoms with Crippen molar-refractivity contribution < 1.29 is 9.32 Å². The molecule has 7 nitrogen and oxygen atoms in total. The number of pyridine rings is 1. The predicted molar refractivity (Wildman–Crippen MR) is 88.4 cm³/mol. The minimum absolute atomic E-state index is 0.0616. The predicted octanol–water partition coefficient (Wildman–Crippen LogP) is 2.50. The van der Waals surface area contributed by atoms with E-state index < -0.39 is 0 Å². The van der Waals surface area contributed by atoms with Crippen LogP contribution in [0.4, 0.5) is 4.79 Å². The quantitative estimate of drug-likeness (QED) is 0.788. The average molecular weight is 341 g/mol. The minimum atomic E-state index is -0.0616.